The van der Waals surface area contributed by atoms with Crippen LogP contribution in [0.15, 0.2) is 0 Å². The largest absolute Gasteiger partial charge is 0.383 e. The normalized spacial score (nSPS) is 13.7. The van der Waals surface area contributed by atoms with Crippen molar-refractivity contribution in [3.8, 4) is 0 Å². The molecule has 0 bridgehead atoms. The number of nitrogens with one attached hydrogen (secondary N) is 2. The van der Waals surface area contributed by atoms with Gasteiger partial charge in [-0.1, -0.05) is 41.5 Å². The Labute approximate surface area is 128 Å². The van der Waals surface area contributed by atoms with Gasteiger partial charge < -0.3 is 15.7 Å². The lowest BCUT2D eigenvalue weighted by atomic mass is 9.83. The Morgan fingerprint density at radius 1 is 1.05 bits per heavy atom. The van der Waals surface area contributed by atoms with E-state index in [1.54, 1.807) is 0 Å². The zero-order chi connectivity index (χ0) is 16.7. The lowest BCUT2D eigenvalue weighted by Crippen LogP contribution is -2.44. The molecule has 0 heterocycles. The highest BCUT2D eigenvalue weighted by atomic mass is 16.3. The van der Waals surface area contributed by atoms with Gasteiger partial charge in [0.15, 0.2) is 0 Å². The number of amides is 2. The second-order valence-corrected chi connectivity index (χ2v) is 7.45. The molecule has 0 aromatic carbocycles. The number of aliphatic hydroxyl groups excluding tert-OH is 1. The third-order valence-corrected chi connectivity index (χ3v) is 3.75. The summed E-state index contributed by atoms with van der Waals surface area (Å²) in [6, 6.07) is 0. The fourth-order valence-electron chi connectivity index (χ4n) is 1.61. The van der Waals surface area contributed by atoms with Crippen molar-refractivity contribution in [1.29, 1.82) is 0 Å². The van der Waals surface area contributed by atoms with Gasteiger partial charge in [0, 0.05) is 19.5 Å². The summed E-state index contributed by atoms with van der Waals surface area (Å²) < 4.78 is 0. The monoisotopic (exact) mass is 300 g/mol. The molecule has 0 spiro atoms. The first kappa shape index (κ1) is 19.9. The molecule has 1 atom stereocenters. The van der Waals surface area contributed by atoms with Crippen LogP contribution in [0.1, 0.15) is 60.8 Å². The summed E-state index contributed by atoms with van der Waals surface area (Å²) >= 11 is 0. The van der Waals surface area contributed by atoms with E-state index in [1.165, 1.54) is 0 Å². The molecule has 0 aromatic rings. The molecule has 0 rings (SSSR count). The van der Waals surface area contributed by atoms with Gasteiger partial charge >= 0.3 is 0 Å². The van der Waals surface area contributed by atoms with Crippen molar-refractivity contribution in [3.63, 3.8) is 0 Å². The minimum absolute atomic E-state index is 0.0798. The summed E-state index contributed by atoms with van der Waals surface area (Å²) in [6.07, 6.45) is 0.796. The molecule has 5 nitrogen and oxygen atoms in total. The van der Waals surface area contributed by atoms with Crippen LogP contribution in [0.3, 0.4) is 0 Å². The van der Waals surface area contributed by atoms with Gasteiger partial charge in [-0.25, -0.2) is 0 Å². The van der Waals surface area contributed by atoms with Gasteiger partial charge in [-0.3, -0.25) is 9.59 Å². The maximum absolute atomic E-state index is 11.8. The number of hydrogen-bond donors (Lipinski definition) is 3. The number of rotatable bonds is 8. The molecule has 0 aliphatic heterocycles. The van der Waals surface area contributed by atoms with Gasteiger partial charge in [0.2, 0.25) is 11.8 Å². The molecular weight excluding hydrogens is 268 g/mol. The Morgan fingerprint density at radius 2 is 1.62 bits per heavy atom. The Balaban J connectivity index is 3.94. The fourth-order valence-corrected chi connectivity index (χ4v) is 1.61. The second-order valence-electron chi connectivity index (χ2n) is 7.45. The molecule has 2 amide bonds. The van der Waals surface area contributed by atoms with Crippen LogP contribution in [0.4, 0.5) is 0 Å². The van der Waals surface area contributed by atoms with Crippen LogP contribution in [0, 0.1) is 10.8 Å². The maximum atomic E-state index is 11.8. The van der Waals surface area contributed by atoms with Crippen molar-refractivity contribution >= 4 is 11.8 Å². The molecule has 0 aromatic heterocycles. The minimum atomic E-state index is -1.05. The van der Waals surface area contributed by atoms with Crippen molar-refractivity contribution in [3.05, 3.63) is 0 Å². The van der Waals surface area contributed by atoms with Crippen LogP contribution in [-0.4, -0.2) is 36.1 Å². The van der Waals surface area contributed by atoms with E-state index in [1.807, 2.05) is 20.8 Å². The van der Waals surface area contributed by atoms with Crippen molar-refractivity contribution in [2.75, 3.05) is 13.1 Å². The first-order valence-corrected chi connectivity index (χ1v) is 7.72. The number of hydrogen-bond acceptors (Lipinski definition) is 3. The van der Waals surface area contributed by atoms with Crippen LogP contribution in [0.5, 0.6) is 0 Å². The highest BCUT2D eigenvalue weighted by molar-refractivity contribution is 5.82. The molecule has 3 N–H and O–H groups in total. The Kier molecular flexibility index (Phi) is 7.93. The van der Waals surface area contributed by atoms with E-state index in [9.17, 15) is 14.7 Å². The second kappa shape index (κ2) is 8.37. The summed E-state index contributed by atoms with van der Waals surface area (Å²) in [4.78, 5) is 23.4. The van der Waals surface area contributed by atoms with Gasteiger partial charge in [0.05, 0.1) is 0 Å². The van der Waals surface area contributed by atoms with Crippen molar-refractivity contribution in [2.24, 2.45) is 10.8 Å². The lowest BCUT2D eigenvalue weighted by Gasteiger charge is -2.28. The minimum Gasteiger partial charge on any atom is -0.383 e. The van der Waals surface area contributed by atoms with E-state index >= 15 is 0 Å². The standard InChI is InChI=1S/C16H32N2O3/c1-7-16(5,6)13(20)14(21)18-10-8-12(19)17-11-9-15(2,3)4/h13,20H,7-11H2,1-6H3,(H,17,19)(H,18,21)/t13-/m0/s1. The molecular formula is C16H32N2O3. The maximum Gasteiger partial charge on any atom is 0.249 e. The molecule has 0 unspecified atom stereocenters. The molecule has 0 saturated heterocycles. The van der Waals surface area contributed by atoms with E-state index in [0.29, 0.717) is 13.0 Å². The third-order valence-electron chi connectivity index (χ3n) is 3.75. The van der Waals surface area contributed by atoms with Gasteiger partial charge in [-0.2, -0.15) is 0 Å². The predicted octanol–water partition coefficient (Wildman–Crippen LogP) is 1.84. The summed E-state index contributed by atoms with van der Waals surface area (Å²) in [5, 5.41) is 15.4. The SMILES string of the molecule is CCC(C)(C)[C@@H](O)C(=O)NCCC(=O)NCCC(C)(C)C. The van der Waals surface area contributed by atoms with Gasteiger partial charge in [0.1, 0.15) is 6.10 Å². The number of carbonyl (C=O) groups excluding carboxylic acids is 2. The lowest BCUT2D eigenvalue weighted by molar-refractivity contribution is -0.135. The molecule has 0 saturated carbocycles. The molecule has 0 aliphatic rings. The number of aliphatic hydroxyl groups is 1. The Hall–Kier alpha value is -1.10. The summed E-state index contributed by atoms with van der Waals surface area (Å²) in [6.45, 7) is 12.9. The predicted molar refractivity (Wildman–Crippen MR) is 84.8 cm³/mol. The topological polar surface area (TPSA) is 78.4 Å². The van der Waals surface area contributed by atoms with Crippen LogP contribution in [0.25, 0.3) is 0 Å². The first-order valence-electron chi connectivity index (χ1n) is 7.72. The quantitative estimate of drug-likeness (QED) is 0.640. The van der Waals surface area contributed by atoms with Crippen molar-refractivity contribution in [1.82, 2.24) is 10.6 Å². The Morgan fingerprint density at radius 3 is 2.10 bits per heavy atom. The van der Waals surface area contributed by atoms with E-state index in [4.69, 9.17) is 0 Å². The van der Waals surface area contributed by atoms with Gasteiger partial charge in [-0.15, -0.1) is 0 Å². The van der Waals surface area contributed by atoms with E-state index in [-0.39, 0.29) is 24.3 Å². The van der Waals surface area contributed by atoms with Crippen molar-refractivity contribution in [2.45, 2.75) is 66.9 Å². The molecule has 21 heavy (non-hydrogen) atoms. The summed E-state index contributed by atoms with van der Waals surface area (Å²) in [5.74, 6) is -0.492. The van der Waals surface area contributed by atoms with Gasteiger partial charge in [0.25, 0.3) is 0 Å². The van der Waals surface area contributed by atoms with Crippen molar-refractivity contribution < 1.29 is 14.7 Å². The van der Waals surface area contributed by atoms with E-state index in [0.717, 1.165) is 6.42 Å². The van der Waals surface area contributed by atoms with E-state index < -0.39 is 17.4 Å². The van der Waals surface area contributed by atoms with Crippen LogP contribution >= 0.6 is 0 Å². The van der Waals surface area contributed by atoms with E-state index in [2.05, 4.69) is 31.4 Å². The zero-order valence-electron chi connectivity index (χ0n) is 14.4. The summed E-state index contributed by atoms with van der Waals surface area (Å²) in [5.41, 5.74) is -0.267. The summed E-state index contributed by atoms with van der Waals surface area (Å²) in [7, 11) is 0. The average molecular weight is 300 g/mol. The molecule has 0 aliphatic carbocycles. The van der Waals surface area contributed by atoms with Crippen LogP contribution < -0.4 is 10.6 Å². The molecule has 124 valence electrons. The first-order chi connectivity index (χ1) is 9.49. The van der Waals surface area contributed by atoms with Gasteiger partial charge in [-0.05, 0) is 23.7 Å². The molecule has 0 fully saturated rings. The third kappa shape index (κ3) is 8.71. The zero-order valence-corrected chi connectivity index (χ0v) is 14.4. The molecule has 0 radical (unpaired) electrons. The Bertz CT molecular complexity index is 346. The van der Waals surface area contributed by atoms with Crippen LogP contribution in [-0.2, 0) is 9.59 Å². The fraction of sp³-hybridized carbons (Fsp3) is 0.875. The smallest absolute Gasteiger partial charge is 0.249 e. The number of carbonyl (C=O) groups is 2. The van der Waals surface area contributed by atoms with Crippen LogP contribution in [0.2, 0.25) is 0 Å². The highest BCUT2D eigenvalue weighted by Crippen LogP contribution is 2.24. The molecule has 5 heteroatoms. The average Bonchev–Trinajstić information content (AvgIpc) is 2.36. The highest BCUT2D eigenvalue weighted by Gasteiger charge is 2.31.